The molecule has 0 N–H and O–H groups in total. The molecule has 0 radical (unpaired) electrons. The van der Waals surface area contributed by atoms with Crippen LogP contribution in [0.5, 0.6) is 0 Å². The highest BCUT2D eigenvalue weighted by Gasteiger charge is 2.18. The first-order valence-electron chi connectivity index (χ1n) is 20.0. The third-order valence-corrected chi connectivity index (χ3v) is 11.7. The molecule has 0 aliphatic carbocycles. The molecule has 0 aliphatic heterocycles. The standard InChI is InChI=1S/C55H34N4/c1-3-14-38-29-45(25-23-35(38)11-1)54-56-53(57-55(58-54)46-26-24-36-12-2-4-15-39(36)30-46)44-20-9-18-40(31-44)41-19-10-21-47(32-41)59-50-28-27-37-13-7-8-22-48(37)52(50)49-33-42-16-5-6-17-43(42)34-51(49)59/h1-34H. The number of benzene rings is 10. The molecular weight excluding hydrogens is 717 g/mol. The molecule has 0 saturated heterocycles. The summed E-state index contributed by atoms with van der Waals surface area (Å²) in [5.74, 6) is 1.91. The Kier molecular flexibility index (Phi) is 7.50. The van der Waals surface area contributed by atoms with Gasteiger partial charge in [0.2, 0.25) is 0 Å². The van der Waals surface area contributed by atoms with Crippen LogP contribution in [0.15, 0.2) is 206 Å². The van der Waals surface area contributed by atoms with Crippen LogP contribution in [0, 0.1) is 0 Å². The summed E-state index contributed by atoms with van der Waals surface area (Å²) in [6, 6.07) is 73.6. The number of rotatable bonds is 5. The fourth-order valence-electron chi connectivity index (χ4n) is 8.83. The van der Waals surface area contributed by atoms with Crippen molar-refractivity contribution in [2.24, 2.45) is 0 Å². The van der Waals surface area contributed by atoms with Gasteiger partial charge in [0.25, 0.3) is 0 Å². The van der Waals surface area contributed by atoms with Gasteiger partial charge in [0, 0.05) is 33.2 Å². The molecule has 2 aromatic heterocycles. The van der Waals surface area contributed by atoms with Gasteiger partial charge >= 0.3 is 0 Å². The molecule has 274 valence electrons. The Balaban J connectivity index is 1.01. The van der Waals surface area contributed by atoms with Crippen molar-refractivity contribution in [3.8, 4) is 51.0 Å². The first kappa shape index (κ1) is 33.2. The number of hydrogen-bond acceptors (Lipinski definition) is 3. The third-order valence-electron chi connectivity index (χ3n) is 11.7. The normalized spacial score (nSPS) is 11.7. The predicted molar refractivity (Wildman–Crippen MR) is 246 cm³/mol. The van der Waals surface area contributed by atoms with Crippen molar-refractivity contribution in [1.82, 2.24) is 19.5 Å². The summed E-state index contributed by atoms with van der Waals surface area (Å²) in [5.41, 5.74) is 8.50. The number of nitrogens with zero attached hydrogens (tertiary/aromatic N) is 4. The largest absolute Gasteiger partial charge is 0.309 e. The SMILES string of the molecule is c1cc(-c2cccc(-n3c4cc5ccccc5cc4c4c5ccccc5ccc43)c2)cc(-c2nc(-c3ccc4ccccc4c3)nc(-c3ccc4ccccc4c3)n2)c1. The fourth-order valence-corrected chi connectivity index (χ4v) is 8.83. The summed E-state index contributed by atoms with van der Waals surface area (Å²) in [6.07, 6.45) is 0. The van der Waals surface area contributed by atoms with Crippen molar-refractivity contribution < 1.29 is 0 Å². The molecule has 0 atom stereocenters. The topological polar surface area (TPSA) is 43.6 Å². The van der Waals surface area contributed by atoms with Crippen molar-refractivity contribution in [2.45, 2.75) is 0 Å². The first-order valence-corrected chi connectivity index (χ1v) is 20.0. The second kappa shape index (κ2) is 13.3. The van der Waals surface area contributed by atoms with E-state index in [4.69, 9.17) is 15.0 Å². The van der Waals surface area contributed by atoms with Gasteiger partial charge < -0.3 is 4.57 Å². The van der Waals surface area contributed by atoms with Gasteiger partial charge in [-0.15, -0.1) is 0 Å². The van der Waals surface area contributed by atoms with Crippen molar-refractivity contribution in [2.75, 3.05) is 0 Å². The van der Waals surface area contributed by atoms with E-state index in [9.17, 15) is 0 Å². The van der Waals surface area contributed by atoms with Gasteiger partial charge in [0.05, 0.1) is 11.0 Å². The molecule has 10 aromatic carbocycles. The quantitative estimate of drug-likeness (QED) is 0.176. The molecule has 0 unspecified atom stereocenters. The minimum Gasteiger partial charge on any atom is -0.309 e. The van der Waals surface area contributed by atoms with Gasteiger partial charge in [0.15, 0.2) is 17.5 Å². The summed E-state index contributed by atoms with van der Waals surface area (Å²) in [6.45, 7) is 0. The molecule has 12 rings (SSSR count). The molecule has 0 aliphatic rings. The van der Waals surface area contributed by atoms with Crippen LogP contribution in [0.3, 0.4) is 0 Å². The molecule has 0 bridgehead atoms. The molecular formula is C55H34N4. The van der Waals surface area contributed by atoms with E-state index >= 15 is 0 Å². The second-order valence-electron chi connectivity index (χ2n) is 15.3. The average molecular weight is 751 g/mol. The molecule has 59 heavy (non-hydrogen) atoms. The molecule has 0 fully saturated rings. The zero-order chi connectivity index (χ0) is 38.9. The van der Waals surface area contributed by atoms with E-state index in [0.29, 0.717) is 17.5 Å². The maximum Gasteiger partial charge on any atom is 0.164 e. The lowest BCUT2D eigenvalue weighted by atomic mass is 10.0. The lowest BCUT2D eigenvalue weighted by Gasteiger charge is -2.12. The zero-order valence-electron chi connectivity index (χ0n) is 31.9. The van der Waals surface area contributed by atoms with Gasteiger partial charge in [-0.2, -0.15) is 0 Å². The van der Waals surface area contributed by atoms with Gasteiger partial charge in [-0.05, 0) is 103 Å². The molecule has 4 nitrogen and oxygen atoms in total. The Labute approximate surface area is 340 Å². The van der Waals surface area contributed by atoms with E-state index in [2.05, 4.69) is 211 Å². The Morgan fingerprint density at radius 2 is 0.746 bits per heavy atom. The van der Waals surface area contributed by atoms with E-state index in [-0.39, 0.29) is 0 Å². The minimum atomic E-state index is 0.630. The average Bonchev–Trinajstić information content (AvgIpc) is 3.64. The highest BCUT2D eigenvalue weighted by molar-refractivity contribution is 6.23. The van der Waals surface area contributed by atoms with Crippen LogP contribution in [0.1, 0.15) is 0 Å². The Morgan fingerprint density at radius 3 is 1.39 bits per heavy atom. The highest BCUT2D eigenvalue weighted by atomic mass is 15.0. The minimum absolute atomic E-state index is 0.630. The molecule has 0 amide bonds. The fraction of sp³-hybridized carbons (Fsp3) is 0. The van der Waals surface area contributed by atoms with E-state index < -0.39 is 0 Å². The number of aromatic nitrogens is 4. The monoisotopic (exact) mass is 750 g/mol. The maximum atomic E-state index is 5.15. The summed E-state index contributed by atoms with van der Waals surface area (Å²) < 4.78 is 2.43. The lowest BCUT2D eigenvalue weighted by Crippen LogP contribution is -2.00. The Hall–Kier alpha value is -7.95. The molecule has 2 heterocycles. The van der Waals surface area contributed by atoms with E-state index in [0.717, 1.165) is 44.3 Å². The van der Waals surface area contributed by atoms with Gasteiger partial charge in [-0.1, -0.05) is 158 Å². The predicted octanol–water partition coefficient (Wildman–Crippen LogP) is 14.2. The van der Waals surface area contributed by atoms with Crippen LogP contribution >= 0.6 is 0 Å². The van der Waals surface area contributed by atoms with Crippen molar-refractivity contribution >= 4 is 64.9 Å². The second-order valence-corrected chi connectivity index (χ2v) is 15.3. The molecule has 12 aromatic rings. The zero-order valence-corrected chi connectivity index (χ0v) is 31.9. The van der Waals surface area contributed by atoms with Crippen LogP contribution < -0.4 is 0 Å². The molecule has 0 spiro atoms. The van der Waals surface area contributed by atoms with Crippen LogP contribution in [0.2, 0.25) is 0 Å². The van der Waals surface area contributed by atoms with E-state index in [1.165, 1.54) is 54.1 Å². The Bertz CT molecular complexity index is 3540. The van der Waals surface area contributed by atoms with Gasteiger partial charge in [-0.3, -0.25) is 0 Å². The number of hydrogen-bond donors (Lipinski definition) is 0. The Morgan fingerprint density at radius 1 is 0.271 bits per heavy atom. The van der Waals surface area contributed by atoms with Crippen molar-refractivity contribution in [1.29, 1.82) is 0 Å². The van der Waals surface area contributed by atoms with Crippen LogP contribution in [0.4, 0.5) is 0 Å². The molecule has 0 saturated carbocycles. The van der Waals surface area contributed by atoms with Crippen LogP contribution in [-0.4, -0.2) is 19.5 Å². The number of fused-ring (bicyclic) bond motifs is 8. The van der Waals surface area contributed by atoms with E-state index in [1.807, 2.05) is 0 Å². The first-order chi connectivity index (χ1) is 29.2. The van der Waals surface area contributed by atoms with Gasteiger partial charge in [-0.25, -0.2) is 15.0 Å². The highest BCUT2D eigenvalue weighted by Crippen LogP contribution is 2.40. The summed E-state index contributed by atoms with van der Waals surface area (Å²) in [4.78, 5) is 15.4. The smallest absolute Gasteiger partial charge is 0.164 e. The summed E-state index contributed by atoms with van der Waals surface area (Å²) in [7, 11) is 0. The van der Waals surface area contributed by atoms with E-state index in [1.54, 1.807) is 0 Å². The van der Waals surface area contributed by atoms with Gasteiger partial charge in [0.1, 0.15) is 0 Å². The van der Waals surface area contributed by atoms with Crippen molar-refractivity contribution in [3.63, 3.8) is 0 Å². The summed E-state index contributed by atoms with van der Waals surface area (Å²) >= 11 is 0. The molecule has 4 heteroatoms. The van der Waals surface area contributed by atoms with Crippen LogP contribution in [0.25, 0.3) is 116 Å². The summed E-state index contributed by atoms with van der Waals surface area (Å²) in [5, 5.41) is 12.1. The van der Waals surface area contributed by atoms with Crippen molar-refractivity contribution in [3.05, 3.63) is 206 Å². The third kappa shape index (κ3) is 5.65. The maximum absolute atomic E-state index is 5.15. The lowest BCUT2D eigenvalue weighted by molar-refractivity contribution is 1.08. The van der Waals surface area contributed by atoms with Crippen LogP contribution in [-0.2, 0) is 0 Å².